The first-order valence-corrected chi connectivity index (χ1v) is 7.37. The Balaban J connectivity index is 1.85. The fourth-order valence-electron chi connectivity index (χ4n) is 2.33. The van der Waals surface area contributed by atoms with Crippen LogP contribution in [0.1, 0.15) is 33.6 Å². The van der Waals surface area contributed by atoms with E-state index in [-0.39, 0.29) is 0 Å². The second-order valence-corrected chi connectivity index (χ2v) is 5.05. The minimum atomic E-state index is 0.376. The Morgan fingerprint density at radius 1 is 1.35 bits per heavy atom. The van der Waals surface area contributed by atoms with E-state index in [4.69, 9.17) is 0 Å². The Hall–Kier alpha value is -1.69. The van der Waals surface area contributed by atoms with Crippen LogP contribution in [0.25, 0.3) is 5.65 Å². The van der Waals surface area contributed by atoms with Crippen molar-refractivity contribution < 1.29 is 0 Å². The van der Waals surface area contributed by atoms with Crippen molar-refractivity contribution in [2.45, 2.75) is 39.7 Å². The van der Waals surface area contributed by atoms with E-state index >= 15 is 0 Å². The van der Waals surface area contributed by atoms with E-state index in [1.165, 1.54) is 6.42 Å². The normalized spacial score (nSPS) is 13.0. The molecule has 2 heterocycles. The van der Waals surface area contributed by atoms with Gasteiger partial charge in [-0.15, -0.1) is 10.2 Å². The number of hydrogen-bond donors (Lipinski definition) is 1. The zero-order chi connectivity index (χ0) is 14.4. The standard InChI is InChI=1S/C14H24N6/c1-4-19(5-2)9-6-7-12(3)17-13-14-18-16-11-20(14)10-8-15-13/h8,10-12H,4-7,9H2,1-3H3,(H,15,17). The van der Waals surface area contributed by atoms with E-state index in [2.05, 4.69) is 46.2 Å². The van der Waals surface area contributed by atoms with Crippen LogP contribution in [0, 0.1) is 0 Å². The molecule has 0 aromatic carbocycles. The molecule has 0 spiro atoms. The van der Waals surface area contributed by atoms with Gasteiger partial charge in [-0.1, -0.05) is 13.8 Å². The van der Waals surface area contributed by atoms with E-state index in [1.807, 2.05) is 10.6 Å². The first-order valence-electron chi connectivity index (χ1n) is 7.37. The van der Waals surface area contributed by atoms with Crippen LogP contribution in [0.4, 0.5) is 5.82 Å². The monoisotopic (exact) mass is 276 g/mol. The number of fused-ring (bicyclic) bond motifs is 1. The van der Waals surface area contributed by atoms with Gasteiger partial charge < -0.3 is 10.2 Å². The molecule has 6 heteroatoms. The van der Waals surface area contributed by atoms with Crippen molar-refractivity contribution >= 4 is 11.5 Å². The van der Waals surface area contributed by atoms with Crippen LogP contribution in [-0.2, 0) is 0 Å². The zero-order valence-corrected chi connectivity index (χ0v) is 12.6. The Kier molecular flexibility index (Phi) is 5.29. The molecule has 0 aliphatic rings. The Morgan fingerprint density at radius 3 is 2.90 bits per heavy atom. The van der Waals surface area contributed by atoms with E-state index in [0.717, 1.165) is 37.5 Å². The van der Waals surface area contributed by atoms with Crippen molar-refractivity contribution in [2.24, 2.45) is 0 Å². The van der Waals surface area contributed by atoms with Gasteiger partial charge in [0.1, 0.15) is 6.33 Å². The van der Waals surface area contributed by atoms with Gasteiger partial charge in [-0.05, 0) is 39.4 Å². The molecule has 110 valence electrons. The third kappa shape index (κ3) is 3.66. The smallest absolute Gasteiger partial charge is 0.203 e. The Morgan fingerprint density at radius 2 is 2.15 bits per heavy atom. The molecule has 0 bridgehead atoms. The summed E-state index contributed by atoms with van der Waals surface area (Å²) in [4.78, 5) is 6.80. The van der Waals surface area contributed by atoms with Gasteiger partial charge in [-0.3, -0.25) is 4.40 Å². The summed E-state index contributed by atoms with van der Waals surface area (Å²) in [7, 11) is 0. The van der Waals surface area contributed by atoms with Crippen LogP contribution < -0.4 is 5.32 Å². The summed E-state index contributed by atoms with van der Waals surface area (Å²) in [6.07, 6.45) is 7.61. The van der Waals surface area contributed by atoms with E-state index in [9.17, 15) is 0 Å². The maximum absolute atomic E-state index is 4.35. The van der Waals surface area contributed by atoms with Gasteiger partial charge in [0.2, 0.25) is 5.65 Å². The topological polar surface area (TPSA) is 58.4 Å². The number of aromatic nitrogens is 4. The SMILES string of the molecule is CCN(CC)CCCC(C)Nc1nccn2cnnc12. The lowest BCUT2D eigenvalue weighted by Gasteiger charge is -2.20. The number of hydrogen-bond acceptors (Lipinski definition) is 5. The number of anilines is 1. The summed E-state index contributed by atoms with van der Waals surface area (Å²) in [5, 5.41) is 11.4. The molecule has 20 heavy (non-hydrogen) atoms. The number of nitrogens with one attached hydrogen (secondary N) is 1. The van der Waals surface area contributed by atoms with Gasteiger partial charge in [0.25, 0.3) is 0 Å². The highest BCUT2D eigenvalue weighted by Gasteiger charge is 2.09. The van der Waals surface area contributed by atoms with Gasteiger partial charge >= 0.3 is 0 Å². The third-order valence-corrected chi connectivity index (χ3v) is 3.60. The molecule has 1 N–H and O–H groups in total. The van der Waals surface area contributed by atoms with Crippen molar-refractivity contribution in [2.75, 3.05) is 25.0 Å². The van der Waals surface area contributed by atoms with Crippen LogP contribution >= 0.6 is 0 Å². The molecule has 2 aromatic rings. The minimum Gasteiger partial charge on any atom is -0.364 e. The molecule has 1 atom stereocenters. The van der Waals surface area contributed by atoms with Crippen LogP contribution in [0.2, 0.25) is 0 Å². The largest absolute Gasteiger partial charge is 0.364 e. The van der Waals surface area contributed by atoms with Crippen LogP contribution in [0.3, 0.4) is 0 Å². The fraction of sp³-hybridized carbons (Fsp3) is 0.643. The first kappa shape index (κ1) is 14.7. The molecule has 0 aliphatic heterocycles. The minimum absolute atomic E-state index is 0.376. The zero-order valence-electron chi connectivity index (χ0n) is 12.6. The van der Waals surface area contributed by atoms with Gasteiger partial charge in [-0.25, -0.2) is 4.98 Å². The van der Waals surface area contributed by atoms with E-state index in [1.54, 1.807) is 12.5 Å². The van der Waals surface area contributed by atoms with Crippen LogP contribution in [0.5, 0.6) is 0 Å². The second-order valence-electron chi connectivity index (χ2n) is 5.05. The van der Waals surface area contributed by atoms with Crippen LogP contribution in [-0.4, -0.2) is 50.2 Å². The van der Waals surface area contributed by atoms with Crippen molar-refractivity contribution in [1.29, 1.82) is 0 Å². The molecule has 0 saturated heterocycles. The maximum Gasteiger partial charge on any atom is 0.203 e. The summed E-state index contributed by atoms with van der Waals surface area (Å²) < 4.78 is 1.87. The third-order valence-electron chi connectivity index (χ3n) is 3.60. The fourth-order valence-corrected chi connectivity index (χ4v) is 2.33. The van der Waals surface area contributed by atoms with Gasteiger partial charge in [0.05, 0.1) is 0 Å². The highest BCUT2D eigenvalue weighted by atomic mass is 15.2. The molecular weight excluding hydrogens is 252 g/mol. The molecule has 0 amide bonds. The molecule has 1 unspecified atom stereocenters. The van der Waals surface area contributed by atoms with Gasteiger partial charge in [-0.2, -0.15) is 0 Å². The molecule has 0 fully saturated rings. The van der Waals surface area contributed by atoms with Gasteiger partial charge in [0, 0.05) is 18.4 Å². The summed E-state index contributed by atoms with van der Waals surface area (Å²) >= 11 is 0. The summed E-state index contributed by atoms with van der Waals surface area (Å²) in [5.74, 6) is 0.806. The lowest BCUT2D eigenvalue weighted by Crippen LogP contribution is -2.25. The predicted molar refractivity (Wildman–Crippen MR) is 80.9 cm³/mol. The Bertz CT molecular complexity index is 519. The van der Waals surface area contributed by atoms with E-state index in [0.29, 0.717) is 6.04 Å². The first-order chi connectivity index (χ1) is 9.74. The Labute approximate surface area is 120 Å². The summed E-state index contributed by atoms with van der Waals surface area (Å²) in [6, 6.07) is 0.376. The second kappa shape index (κ2) is 7.19. The summed E-state index contributed by atoms with van der Waals surface area (Å²) in [5.41, 5.74) is 0.781. The molecule has 2 rings (SSSR count). The summed E-state index contributed by atoms with van der Waals surface area (Å²) in [6.45, 7) is 10.0. The van der Waals surface area contributed by atoms with Gasteiger partial charge in [0.15, 0.2) is 5.82 Å². The molecule has 0 aliphatic carbocycles. The molecule has 6 nitrogen and oxygen atoms in total. The predicted octanol–water partition coefficient (Wildman–Crippen LogP) is 2.05. The molecule has 2 aromatic heterocycles. The average molecular weight is 276 g/mol. The van der Waals surface area contributed by atoms with E-state index < -0.39 is 0 Å². The number of nitrogens with zero attached hydrogens (tertiary/aromatic N) is 5. The van der Waals surface area contributed by atoms with Crippen molar-refractivity contribution in [3.05, 3.63) is 18.7 Å². The van der Waals surface area contributed by atoms with Crippen molar-refractivity contribution in [1.82, 2.24) is 24.5 Å². The van der Waals surface area contributed by atoms with Crippen molar-refractivity contribution in [3.8, 4) is 0 Å². The lowest BCUT2D eigenvalue weighted by molar-refractivity contribution is 0.295. The van der Waals surface area contributed by atoms with Crippen LogP contribution in [0.15, 0.2) is 18.7 Å². The molecule has 0 radical (unpaired) electrons. The van der Waals surface area contributed by atoms with Crippen molar-refractivity contribution in [3.63, 3.8) is 0 Å². The molecule has 0 saturated carbocycles. The lowest BCUT2D eigenvalue weighted by atomic mass is 10.1. The highest BCUT2D eigenvalue weighted by molar-refractivity contribution is 5.61. The quantitative estimate of drug-likeness (QED) is 0.799. The average Bonchev–Trinajstić information content (AvgIpc) is 2.93. The maximum atomic E-state index is 4.35. The number of rotatable bonds is 8. The highest BCUT2D eigenvalue weighted by Crippen LogP contribution is 2.13. The molecular formula is C14H24N6.